The quantitative estimate of drug-likeness (QED) is 0.594. The van der Waals surface area contributed by atoms with Crippen LogP contribution in [0.4, 0.5) is 0 Å². The second-order valence-corrected chi connectivity index (χ2v) is 4.94. The summed E-state index contributed by atoms with van der Waals surface area (Å²) in [4.78, 5) is 11.4. The molecule has 0 aromatic heterocycles. The molecule has 104 valence electrons. The van der Waals surface area contributed by atoms with Crippen LogP contribution in [0.25, 0.3) is 0 Å². The lowest BCUT2D eigenvalue weighted by molar-refractivity contribution is -0.121. The van der Waals surface area contributed by atoms with Crippen molar-refractivity contribution in [3.05, 3.63) is 0 Å². The molecular formula is C13H31N3O. The molecule has 0 heterocycles. The van der Waals surface area contributed by atoms with Gasteiger partial charge in [-0.15, -0.1) is 0 Å². The van der Waals surface area contributed by atoms with Gasteiger partial charge in [-0.1, -0.05) is 34.6 Å². The smallest absolute Gasteiger partial charge is 0.221 e. The fraction of sp³-hybridized carbons (Fsp3) is 0.923. The van der Waals surface area contributed by atoms with Gasteiger partial charge in [0.2, 0.25) is 5.91 Å². The zero-order valence-corrected chi connectivity index (χ0v) is 12.4. The maximum absolute atomic E-state index is 11.4. The molecule has 0 aliphatic rings. The van der Waals surface area contributed by atoms with Gasteiger partial charge in [-0.2, -0.15) is 0 Å². The molecule has 0 unspecified atom stereocenters. The van der Waals surface area contributed by atoms with E-state index in [0.29, 0.717) is 6.42 Å². The molecule has 0 bridgehead atoms. The number of carbonyl (C=O) groups is 1. The first-order valence-corrected chi connectivity index (χ1v) is 6.58. The van der Waals surface area contributed by atoms with Crippen LogP contribution in [-0.2, 0) is 4.79 Å². The Balaban J connectivity index is 0. The number of hydrogen-bond donors (Lipinski definition) is 3. The molecule has 17 heavy (non-hydrogen) atoms. The average molecular weight is 245 g/mol. The molecule has 0 saturated heterocycles. The first-order chi connectivity index (χ1) is 7.95. The highest BCUT2D eigenvalue weighted by Crippen LogP contribution is 2.09. The molecule has 0 spiro atoms. The van der Waals surface area contributed by atoms with E-state index < -0.39 is 0 Å². The van der Waals surface area contributed by atoms with Crippen LogP contribution in [0, 0.1) is 5.41 Å². The molecule has 0 aliphatic heterocycles. The summed E-state index contributed by atoms with van der Waals surface area (Å²) in [5.74, 6) is 0.127. The maximum atomic E-state index is 11.4. The molecule has 1 amide bonds. The highest BCUT2D eigenvalue weighted by Gasteiger charge is 2.11. The number of rotatable bonds is 7. The molecule has 0 atom stereocenters. The van der Waals surface area contributed by atoms with E-state index in [0.717, 1.165) is 26.2 Å². The van der Waals surface area contributed by atoms with Crippen LogP contribution < -0.4 is 16.0 Å². The number of nitrogens with one attached hydrogen (secondary N) is 3. The lowest BCUT2D eigenvalue weighted by Gasteiger charge is -2.18. The zero-order valence-electron chi connectivity index (χ0n) is 12.4. The van der Waals surface area contributed by atoms with Crippen LogP contribution in [0.3, 0.4) is 0 Å². The van der Waals surface area contributed by atoms with Crippen molar-refractivity contribution in [2.45, 2.75) is 41.0 Å². The van der Waals surface area contributed by atoms with Crippen molar-refractivity contribution in [3.8, 4) is 0 Å². The van der Waals surface area contributed by atoms with Crippen LogP contribution in [0.2, 0.25) is 0 Å². The van der Waals surface area contributed by atoms with E-state index in [1.807, 2.05) is 20.9 Å². The van der Waals surface area contributed by atoms with E-state index in [1.54, 1.807) is 0 Å². The largest absolute Gasteiger partial charge is 0.356 e. The molecule has 0 saturated carbocycles. The lowest BCUT2D eigenvalue weighted by Crippen LogP contribution is -2.34. The lowest BCUT2D eigenvalue weighted by atomic mass is 9.97. The van der Waals surface area contributed by atoms with Crippen molar-refractivity contribution in [1.29, 1.82) is 0 Å². The van der Waals surface area contributed by atoms with Gasteiger partial charge < -0.3 is 16.0 Å². The van der Waals surface area contributed by atoms with Gasteiger partial charge in [0, 0.05) is 32.6 Å². The van der Waals surface area contributed by atoms with E-state index >= 15 is 0 Å². The van der Waals surface area contributed by atoms with Gasteiger partial charge in [0.15, 0.2) is 0 Å². The Bertz CT molecular complexity index is 176. The minimum Gasteiger partial charge on any atom is -0.356 e. The number of carbonyl (C=O) groups excluding carboxylic acids is 1. The molecular weight excluding hydrogens is 214 g/mol. The summed E-state index contributed by atoms with van der Waals surface area (Å²) in [7, 11) is 1.91. The van der Waals surface area contributed by atoms with Gasteiger partial charge in [-0.3, -0.25) is 4.79 Å². The van der Waals surface area contributed by atoms with Crippen molar-refractivity contribution in [2.24, 2.45) is 5.41 Å². The highest BCUT2D eigenvalue weighted by molar-refractivity contribution is 5.76. The van der Waals surface area contributed by atoms with E-state index in [4.69, 9.17) is 0 Å². The number of amides is 1. The fourth-order valence-electron chi connectivity index (χ4n) is 0.992. The Labute approximate surface area is 107 Å². The summed E-state index contributed by atoms with van der Waals surface area (Å²) in [5.41, 5.74) is 0.162. The molecule has 0 radical (unpaired) electrons. The van der Waals surface area contributed by atoms with Gasteiger partial charge in [0.05, 0.1) is 0 Å². The average Bonchev–Trinajstić information content (AvgIpc) is 2.28. The second kappa shape index (κ2) is 11.9. The fourth-order valence-corrected chi connectivity index (χ4v) is 0.992. The topological polar surface area (TPSA) is 53.2 Å². The van der Waals surface area contributed by atoms with Gasteiger partial charge in [0.1, 0.15) is 0 Å². The van der Waals surface area contributed by atoms with Crippen molar-refractivity contribution < 1.29 is 4.79 Å². The Morgan fingerprint density at radius 2 is 1.65 bits per heavy atom. The maximum Gasteiger partial charge on any atom is 0.221 e. The molecule has 0 aromatic rings. The minimum absolute atomic E-state index is 0.127. The molecule has 0 aromatic carbocycles. The third kappa shape index (κ3) is 18.0. The Morgan fingerprint density at radius 3 is 2.12 bits per heavy atom. The second-order valence-electron chi connectivity index (χ2n) is 4.94. The van der Waals surface area contributed by atoms with Gasteiger partial charge in [-0.25, -0.2) is 0 Å². The van der Waals surface area contributed by atoms with Crippen LogP contribution in [-0.4, -0.2) is 39.1 Å². The standard InChI is InChI=1S/C11H25N3O.C2H6/c1-11(2,3)9-14-10(15)5-6-13-8-7-12-4;1-2/h12-13H,5-9H2,1-4H3,(H,14,15);1-2H3. The SMILES string of the molecule is CC.CNCCNCCC(=O)NCC(C)(C)C. The van der Waals surface area contributed by atoms with Crippen molar-refractivity contribution in [1.82, 2.24) is 16.0 Å². The van der Waals surface area contributed by atoms with Gasteiger partial charge in [0.25, 0.3) is 0 Å². The zero-order chi connectivity index (χ0) is 13.7. The molecule has 0 rings (SSSR count). The predicted octanol–water partition coefficient (Wildman–Crippen LogP) is 1.37. The van der Waals surface area contributed by atoms with Crippen LogP contribution in [0.5, 0.6) is 0 Å². The van der Waals surface area contributed by atoms with Gasteiger partial charge in [-0.05, 0) is 12.5 Å². The normalized spacial score (nSPS) is 10.5. The summed E-state index contributed by atoms with van der Waals surface area (Å²) in [6, 6.07) is 0. The third-order valence-corrected chi connectivity index (χ3v) is 1.90. The molecule has 0 aliphatic carbocycles. The minimum atomic E-state index is 0.127. The molecule has 0 fully saturated rings. The van der Waals surface area contributed by atoms with E-state index in [9.17, 15) is 4.79 Å². The Kier molecular flexibility index (Phi) is 13.1. The summed E-state index contributed by atoms with van der Waals surface area (Å²) in [5, 5.41) is 9.15. The van der Waals surface area contributed by atoms with E-state index in [1.165, 1.54) is 0 Å². The summed E-state index contributed by atoms with van der Waals surface area (Å²) < 4.78 is 0. The monoisotopic (exact) mass is 245 g/mol. The summed E-state index contributed by atoms with van der Waals surface area (Å²) >= 11 is 0. The number of hydrogen-bond acceptors (Lipinski definition) is 3. The van der Waals surface area contributed by atoms with Gasteiger partial charge >= 0.3 is 0 Å². The highest BCUT2D eigenvalue weighted by atomic mass is 16.1. The van der Waals surface area contributed by atoms with E-state index in [-0.39, 0.29) is 11.3 Å². The Hall–Kier alpha value is -0.610. The first kappa shape index (κ1) is 18.7. The Morgan fingerprint density at radius 1 is 1.06 bits per heavy atom. The van der Waals surface area contributed by atoms with E-state index in [2.05, 4.69) is 36.7 Å². The van der Waals surface area contributed by atoms with Crippen molar-refractivity contribution in [2.75, 3.05) is 33.2 Å². The first-order valence-electron chi connectivity index (χ1n) is 6.58. The number of likely N-dealkylation sites (N-methyl/N-ethyl adjacent to an activating group) is 1. The van der Waals surface area contributed by atoms with Crippen molar-refractivity contribution >= 4 is 5.91 Å². The summed E-state index contributed by atoms with van der Waals surface area (Å²) in [6.07, 6.45) is 0.555. The predicted molar refractivity (Wildman–Crippen MR) is 75.2 cm³/mol. The van der Waals surface area contributed by atoms with Crippen LogP contribution in [0.1, 0.15) is 41.0 Å². The molecule has 3 N–H and O–H groups in total. The summed E-state index contributed by atoms with van der Waals surface area (Å²) in [6.45, 7) is 13.7. The molecule has 4 nitrogen and oxygen atoms in total. The third-order valence-electron chi connectivity index (χ3n) is 1.90. The van der Waals surface area contributed by atoms with Crippen molar-refractivity contribution in [3.63, 3.8) is 0 Å². The molecule has 4 heteroatoms. The van der Waals surface area contributed by atoms with Crippen LogP contribution in [0.15, 0.2) is 0 Å². The van der Waals surface area contributed by atoms with Crippen LogP contribution >= 0.6 is 0 Å².